The van der Waals surface area contributed by atoms with E-state index in [2.05, 4.69) is 21.2 Å². The molecule has 1 aromatic carbocycles. The summed E-state index contributed by atoms with van der Waals surface area (Å²) in [5.74, 6) is 0.350. The molecule has 0 aliphatic heterocycles. The fraction of sp³-hybridized carbons (Fsp3) is 0.364. The van der Waals surface area contributed by atoms with E-state index in [-0.39, 0.29) is 5.91 Å². The molecule has 82 valence electrons. The Morgan fingerprint density at radius 3 is 2.67 bits per heavy atom. The topological polar surface area (TPSA) is 29.1 Å². The van der Waals surface area contributed by atoms with Gasteiger partial charge in [-0.25, -0.2) is 0 Å². The SMILES string of the molecule is CC(C)CNC(=O)c1cc(Cl)cc(Br)c1. The predicted octanol–water partition coefficient (Wildman–Crippen LogP) is 3.49. The highest BCUT2D eigenvalue weighted by molar-refractivity contribution is 9.10. The molecule has 1 N–H and O–H groups in total. The van der Waals surface area contributed by atoms with E-state index < -0.39 is 0 Å². The van der Waals surface area contributed by atoms with Crippen LogP contribution in [0.5, 0.6) is 0 Å². The van der Waals surface area contributed by atoms with Crippen molar-refractivity contribution in [3.05, 3.63) is 33.3 Å². The zero-order valence-corrected chi connectivity index (χ0v) is 11.0. The Morgan fingerprint density at radius 2 is 2.13 bits per heavy atom. The first kappa shape index (κ1) is 12.5. The second-order valence-corrected chi connectivity index (χ2v) is 5.11. The quantitative estimate of drug-likeness (QED) is 0.907. The van der Waals surface area contributed by atoms with Crippen LogP contribution in [0.3, 0.4) is 0 Å². The molecule has 0 saturated carbocycles. The fourth-order valence-electron chi connectivity index (χ4n) is 1.08. The first-order valence-corrected chi connectivity index (χ1v) is 5.90. The summed E-state index contributed by atoms with van der Waals surface area (Å²) in [6.07, 6.45) is 0. The van der Waals surface area contributed by atoms with Gasteiger partial charge < -0.3 is 5.32 Å². The third-order valence-corrected chi connectivity index (χ3v) is 2.47. The molecule has 1 rings (SSSR count). The molecule has 0 unspecified atom stereocenters. The minimum Gasteiger partial charge on any atom is -0.352 e. The van der Waals surface area contributed by atoms with Crippen molar-refractivity contribution in [3.63, 3.8) is 0 Å². The van der Waals surface area contributed by atoms with Crippen molar-refractivity contribution in [3.8, 4) is 0 Å². The van der Waals surface area contributed by atoms with E-state index in [4.69, 9.17) is 11.6 Å². The number of nitrogens with one attached hydrogen (secondary N) is 1. The maximum Gasteiger partial charge on any atom is 0.251 e. The lowest BCUT2D eigenvalue weighted by molar-refractivity contribution is 0.0949. The Kier molecular flexibility index (Phi) is 4.61. The molecular weight excluding hydrogens is 277 g/mol. The van der Waals surface area contributed by atoms with Crippen molar-refractivity contribution in [2.75, 3.05) is 6.54 Å². The number of hydrogen-bond acceptors (Lipinski definition) is 1. The van der Waals surface area contributed by atoms with E-state index in [1.54, 1.807) is 18.2 Å². The van der Waals surface area contributed by atoms with Crippen LogP contribution < -0.4 is 5.32 Å². The van der Waals surface area contributed by atoms with E-state index in [9.17, 15) is 4.79 Å². The average molecular weight is 291 g/mol. The van der Waals surface area contributed by atoms with Gasteiger partial charge in [-0.05, 0) is 24.1 Å². The van der Waals surface area contributed by atoms with Crippen LogP contribution in [-0.2, 0) is 0 Å². The molecule has 0 bridgehead atoms. The largest absolute Gasteiger partial charge is 0.352 e. The highest BCUT2D eigenvalue weighted by Crippen LogP contribution is 2.19. The van der Waals surface area contributed by atoms with Crippen LogP contribution in [0.15, 0.2) is 22.7 Å². The zero-order valence-electron chi connectivity index (χ0n) is 8.68. The van der Waals surface area contributed by atoms with Crippen molar-refractivity contribution >= 4 is 33.4 Å². The van der Waals surface area contributed by atoms with Gasteiger partial charge in [-0.2, -0.15) is 0 Å². The third kappa shape index (κ3) is 4.22. The maximum absolute atomic E-state index is 11.7. The van der Waals surface area contributed by atoms with E-state index in [0.717, 1.165) is 4.47 Å². The van der Waals surface area contributed by atoms with Gasteiger partial charge in [0.05, 0.1) is 0 Å². The lowest BCUT2D eigenvalue weighted by atomic mass is 10.2. The molecule has 0 heterocycles. The van der Waals surface area contributed by atoms with Gasteiger partial charge in [0.15, 0.2) is 0 Å². The highest BCUT2D eigenvalue weighted by atomic mass is 79.9. The highest BCUT2D eigenvalue weighted by Gasteiger charge is 2.07. The molecule has 0 aliphatic rings. The van der Waals surface area contributed by atoms with E-state index in [0.29, 0.717) is 23.0 Å². The summed E-state index contributed by atoms with van der Waals surface area (Å²) in [5, 5.41) is 3.39. The molecule has 0 aromatic heterocycles. The van der Waals surface area contributed by atoms with Crippen molar-refractivity contribution < 1.29 is 4.79 Å². The van der Waals surface area contributed by atoms with Gasteiger partial charge >= 0.3 is 0 Å². The van der Waals surface area contributed by atoms with Gasteiger partial charge in [0, 0.05) is 21.6 Å². The Morgan fingerprint density at radius 1 is 1.47 bits per heavy atom. The van der Waals surface area contributed by atoms with Crippen molar-refractivity contribution in [2.45, 2.75) is 13.8 Å². The van der Waals surface area contributed by atoms with Crippen LogP contribution in [0.4, 0.5) is 0 Å². The van der Waals surface area contributed by atoms with Crippen LogP contribution in [0.25, 0.3) is 0 Å². The molecule has 1 amide bonds. The van der Waals surface area contributed by atoms with Crippen LogP contribution in [0.2, 0.25) is 5.02 Å². The zero-order chi connectivity index (χ0) is 11.4. The molecule has 15 heavy (non-hydrogen) atoms. The molecule has 0 saturated heterocycles. The summed E-state index contributed by atoms with van der Waals surface area (Å²) in [5.41, 5.74) is 0.579. The minimum atomic E-state index is -0.0908. The molecule has 0 atom stereocenters. The number of amides is 1. The number of hydrogen-bond donors (Lipinski definition) is 1. The molecule has 4 heteroatoms. The molecule has 0 radical (unpaired) electrons. The number of rotatable bonds is 3. The van der Waals surface area contributed by atoms with E-state index in [1.807, 2.05) is 13.8 Å². The van der Waals surface area contributed by atoms with Gasteiger partial charge in [-0.15, -0.1) is 0 Å². The standard InChI is InChI=1S/C11H13BrClNO/c1-7(2)6-14-11(15)8-3-9(12)5-10(13)4-8/h3-5,7H,6H2,1-2H3,(H,14,15). The Balaban J connectivity index is 2.73. The third-order valence-electron chi connectivity index (χ3n) is 1.80. The van der Waals surface area contributed by atoms with Gasteiger partial charge in [0.25, 0.3) is 5.91 Å². The number of halogens is 2. The lowest BCUT2D eigenvalue weighted by Gasteiger charge is -2.08. The van der Waals surface area contributed by atoms with Crippen LogP contribution in [-0.4, -0.2) is 12.5 Å². The van der Waals surface area contributed by atoms with Crippen molar-refractivity contribution in [1.29, 1.82) is 0 Å². The molecule has 2 nitrogen and oxygen atoms in total. The number of carbonyl (C=O) groups is 1. The van der Waals surface area contributed by atoms with Gasteiger partial charge in [0.2, 0.25) is 0 Å². The lowest BCUT2D eigenvalue weighted by Crippen LogP contribution is -2.27. The van der Waals surface area contributed by atoms with Gasteiger partial charge in [-0.1, -0.05) is 41.4 Å². The number of carbonyl (C=O) groups excluding carboxylic acids is 1. The summed E-state index contributed by atoms with van der Waals surface area (Å²) < 4.78 is 0.810. The molecule has 0 fully saturated rings. The minimum absolute atomic E-state index is 0.0908. The smallest absolute Gasteiger partial charge is 0.251 e. The Bertz CT molecular complexity index is 345. The summed E-state index contributed by atoms with van der Waals surface area (Å²) in [4.78, 5) is 11.7. The Hall–Kier alpha value is -0.540. The second-order valence-electron chi connectivity index (χ2n) is 3.76. The summed E-state index contributed by atoms with van der Waals surface area (Å²) in [6, 6.07) is 5.16. The molecule has 0 aliphatic carbocycles. The van der Waals surface area contributed by atoms with E-state index in [1.165, 1.54) is 0 Å². The van der Waals surface area contributed by atoms with E-state index >= 15 is 0 Å². The first-order valence-electron chi connectivity index (χ1n) is 4.73. The predicted molar refractivity (Wildman–Crippen MR) is 66.3 cm³/mol. The van der Waals surface area contributed by atoms with Crippen LogP contribution in [0, 0.1) is 5.92 Å². The monoisotopic (exact) mass is 289 g/mol. The summed E-state index contributed by atoms with van der Waals surface area (Å²) >= 11 is 9.14. The first-order chi connectivity index (χ1) is 6.99. The maximum atomic E-state index is 11.7. The van der Waals surface area contributed by atoms with Crippen LogP contribution >= 0.6 is 27.5 Å². The molecule has 0 spiro atoms. The molecular formula is C11H13BrClNO. The van der Waals surface area contributed by atoms with Gasteiger partial charge in [0.1, 0.15) is 0 Å². The molecule has 1 aromatic rings. The summed E-state index contributed by atoms with van der Waals surface area (Å²) in [6.45, 7) is 4.77. The number of benzene rings is 1. The Labute approximate surface area is 103 Å². The van der Waals surface area contributed by atoms with Crippen LogP contribution in [0.1, 0.15) is 24.2 Å². The fourth-order valence-corrected chi connectivity index (χ4v) is 1.94. The van der Waals surface area contributed by atoms with Crippen molar-refractivity contribution in [2.24, 2.45) is 5.92 Å². The van der Waals surface area contributed by atoms with Gasteiger partial charge in [-0.3, -0.25) is 4.79 Å². The summed E-state index contributed by atoms with van der Waals surface area (Å²) in [7, 11) is 0. The average Bonchev–Trinajstić information content (AvgIpc) is 2.12. The van der Waals surface area contributed by atoms with Crippen molar-refractivity contribution in [1.82, 2.24) is 5.32 Å². The normalized spacial score (nSPS) is 10.5. The second kappa shape index (κ2) is 5.52.